The second kappa shape index (κ2) is 3.22. The summed E-state index contributed by atoms with van der Waals surface area (Å²) >= 11 is 0. The monoisotopic (exact) mass is 193 g/mol. The van der Waals surface area contributed by atoms with Gasteiger partial charge in [0.05, 0.1) is 5.60 Å². The molecule has 1 aromatic rings. The van der Waals surface area contributed by atoms with Crippen LogP contribution in [0.25, 0.3) is 0 Å². The third-order valence-corrected chi connectivity index (χ3v) is 2.45. The lowest BCUT2D eigenvalue weighted by molar-refractivity contribution is -0.0870. The largest absolute Gasteiger partial charge is 0.388 e. The maximum atomic E-state index is 9.54. The molecule has 1 fully saturated rings. The normalized spacial score (nSPS) is 20.4. The van der Waals surface area contributed by atoms with Crippen LogP contribution in [0.2, 0.25) is 0 Å². The van der Waals surface area contributed by atoms with E-state index < -0.39 is 5.60 Å². The number of rotatable bonds is 2. The van der Waals surface area contributed by atoms with Crippen molar-refractivity contribution in [2.75, 3.05) is 18.8 Å². The molecule has 0 atom stereocenters. The molecule has 4 nitrogen and oxygen atoms in total. The van der Waals surface area contributed by atoms with Crippen LogP contribution >= 0.6 is 0 Å². The van der Waals surface area contributed by atoms with Gasteiger partial charge in [0.25, 0.3) is 0 Å². The number of nitrogen functional groups attached to an aromatic ring is 1. The number of nitrogens with zero attached hydrogens (tertiary/aromatic N) is 2. The minimum atomic E-state index is -0.517. The predicted octanol–water partition coefficient (Wildman–Crippen LogP) is 0.230. The molecule has 0 aliphatic carbocycles. The molecule has 1 aliphatic rings. The molecule has 2 rings (SSSR count). The zero-order chi connectivity index (χ0) is 10.2. The van der Waals surface area contributed by atoms with Crippen LogP contribution in [-0.4, -0.2) is 33.7 Å². The summed E-state index contributed by atoms with van der Waals surface area (Å²) in [6, 6.07) is 3.85. The van der Waals surface area contributed by atoms with Crippen LogP contribution in [0.15, 0.2) is 18.3 Å². The summed E-state index contributed by atoms with van der Waals surface area (Å²) in [6.07, 6.45) is 1.69. The Balaban J connectivity index is 1.97. The Morgan fingerprint density at radius 1 is 1.64 bits per heavy atom. The fraction of sp³-hybridized carbons (Fsp3) is 0.500. The van der Waals surface area contributed by atoms with Crippen LogP contribution in [0.3, 0.4) is 0 Å². The number of likely N-dealkylation sites (tertiary alicyclic amines) is 1. The fourth-order valence-electron chi connectivity index (χ4n) is 1.85. The second-order valence-corrected chi connectivity index (χ2v) is 4.19. The molecule has 1 aromatic heterocycles. The van der Waals surface area contributed by atoms with Crippen LogP contribution in [0.4, 0.5) is 5.82 Å². The maximum Gasteiger partial charge on any atom is 0.127 e. The number of hydrogen-bond acceptors (Lipinski definition) is 4. The molecule has 0 unspecified atom stereocenters. The van der Waals surface area contributed by atoms with Crippen molar-refractivity contribution in [1.82, 2.24) is 9.88 Å². The Bertz CT molecular complexity index is 330. The predicted molar refractivity (Wildman–Crippen MR) is 54.6 cm³/mol. The van der Waals surface area contributed by atoms with Crippen molar-refractivity contribution in [2.45, 2.75) is 19.1 Å². The molecular formula is C10H15N3O. The van der Waals surface area contributed by atoms with E-state index in [1.54, 1.807) is 6.20 Å². The molecule has 0 amide bonds. The first-order valence-electron chi connectivity index (χ1n) is 4.71. The van der Waals surface area contributed by atoms with Crippen molar-refractivity contribution in [1.29, 1.82) is 0 Å². The van der Waals surface area contributed by atoms with Gasteiger partial charge >= 0.3 is 0 Å². The summed E-state index contributed by atoms with van der Waals surface area (Å²) < 4.78 is 0. The van der Waals surface area contributed by atoms with Gasteiger partial charge in [-0.25, -0.2) is 4.98 Å². The SMILES string of the molecule is CC1(O)CN(Cc2cccnc2N)C1. The highest BCUT2D eigenvalue weighted by atomic mass is 16.3. The van der Waals surface area contributed by atoms with E-state index in [1.165, 1.54) is 0 Å². The molecule has 76 valence electrons. The van der Waals surface area contributed by atoms with Gasteiger partial charge in [0, 0.05) is 31.4 Å². The van der Waals surface area contributed by atoms with Gasteiger partial charge in [-0.2, -0.15) is 0 Å². The smallest absolute Gasteiger partial charge is 0.127 e. The van der Waals surface area contributed by atoms with Crippen molar-refractivity contribution < 1.29 is 5.11 Å². The number of β-amino-alcohol motifs (C(OH)–C–C–N with tert-alkyl or cyclic N) is 1. The minimum absolute atomic E-state index is 0.517. The standard InChI is InChI=1S/C10H15N3O/c1-10(14)6-13(7-10)5-8-3-2-4-12-9(8)11/h2-4,14H,5-7H2,1H3,(H2,11,12). The van der Waals surface area contributed by atoms with Gasteiger partial charge in [-0.1, -0.05) is 6.07 Å². The van der Waals surface area contributed by atoms with Gasteiger partial charge in [-0.05, 0) is 13.0 Å². The zero-order valence-electron chi connectivity index (χ0n) is 8.27. The van der Waals surface area contributed by atoms with E-state index in [0.29, 0.717) is 18.9 Å². The van der Waals surface area contributed by atoms with Crippen molar-refractivity contribution in [3.8, 4) is 0 Å². The molecule has 0 saturated carbocycles. The Kier molecular flexibility index (Phi) is 2.17. The highest BCUT2D eigenvalue weighted by Gasteiger charge is 2.36. The Labute approximate surface area is 83.4 Å². The van der Waals surface area contributed by atoms with Gasteiger partial charge in [0.2, 0.25) is 0 Å². The Morgan fingerprint density at radius 2 is 2.36 bits per heavy atom. The summed E-state index contributed by atoms with van der Waals surface area (Å²) in [4.78, 5) is 6.16. The van der Waals surface area contributed by atoms with E-state index in [2.05, 4.69) is 9.88 Å². The van der Waals surface area contributed by atoms with Crippen molar-refractivity contribution in [3.63, 3.8) is 0 Å². The lowest BCUT2D eigenvalue weighted by Crippen LogP contribution is -2.59. The summed E-state index contributed by atoms with van der Waals surface area (Å²) in [5.74, 6) is 0.582. The molecule has 1 aliphatic heterocycles. The molecule has 0 spiro atoms. The highest BCUT2D eigenvalue weighted by molar-refractivity contribution is 5.38. The Morgan fingerprint density at radius 3 is 2.93 bits per heavy atom. The van der Waals surface area contributed by atoms with Crippen LogP contribution < -0.4 is 5.73 Å². The number of nitrogens with two attached hydrogens (primary N) is 1. The van der Waals surface area contributed by atoms with E-state index in [9.17, 15) is 5.11 Å². The average molecular weight is 193 g/mol. The van der Waals surface area contributed by atoms with E-state index in [1.807, 2.05) is 19.1 Å². The lowest BCUT2D eigenvalue weighted by atomic mass is 9.96. The molecular weight excluding hydrogens is 178 g/mol. The zero-order valence-corrected chi connectivity index (χ0v) is 8.27. The first-order valence-corrected chi connectivity index (χ1v) is 4.71. The molecule has 4 heteroatoms. The molecule has 2 heterocycles. The van der Waals surface area contributed by atoms with Gasteiger partial charge in [0.1, 0.15) is 5.82 Å². The summed E-state index contributed by atoms with van der Waals surface area (Å²) in [5.41, 5.74) is 6.23. The van der Waals surface area contributed by atoms with E-state index in [0.717, 1.165) is 12.1 Å². The van der Waals surface area contributed by atoms with Crippen LogP contribution in [0.5, 0.6) is 0 Å². The molecule has 14 heavy (non-hydrogen) atoms. The molecule has 3 N–H and O–H groups in total. The van der Waals surface area contributed by atoms with Crippen LogP contribution in [0, 0.1) is 0 Å². The number of hydrogen-bond donors (Lipinski definition) is 2. The van der Waals surface area contributed by atoms with Gasteiger partial charge < -0.3 is 10.8 Å². The van der Waals surface area contributed by atoms with E-state index >= 15 is 0 Å². The molecule has 0 aromatic carbocycles. The van der Waals surface area contributed by atoms with Gasteiger partial charge in [0.15, 0.2) is 0 Å². The molecule has 0 radical (unpaired) electrons. The minimum Gasteiger partial charge on any atom is -0.388 e. The van der Waals surface area contributed by atoms with E-state index in [-0.39, 0.29) is 0 Å². The third-order valence-electron chi connectivity index (χ3n) is 2.45. The number of anilines is 1. The second-order valence-electron chi connectivity index (χ2n) is 4.19. The van der Waals surface area contributed by atoms with Crippen LogP contribution in [-0.2, 0) is 6.54 Å². The third kappa shape index (κ3) is 1.86. The Hall–Kier alpha value is -1.13. The van der Waals surface area contributed by atoms with Gasteiger partial charge in [-0.3, -0.25) is 4.90 Å². The molecule has 0 bridgehead atoms. The summed E-state index contributed by atoms with van der Waals surface area (Å²) in [6.45, 7) is 4.04. The number of aliphatic hydroxyl groups is 1. The van der Waals surface area contributed by atoms with Crippen molar-refractivity contribution in [3.05, 3.63) is 23.9 Å². The number of aromatic nitrogens is 1. The topological polar surface area (TPSA) is 62.4 Å². The first-order chi connectivity index (χ1) is 6.57. The molecule has 1 saturated heterocycles. The van der Waals surface area contributed by atoms with Crippen molar-refractivity contribution in [2.24, 2.45) is 0 Å². The highest BCUT2D eigenvalue weighted by Crippen LogP contribution is 2.23. The van der Waals surface area contributed by atoms with Crippen LogP contribution in [0.1, 0.15) is 12.5 Å². The number of pyridine rings is 1. The average Bonchev–Trinajstić information content (AvgIpc) is 2.05. The first kappa shape index (κ1) is 9.43. The maximum absolute atomic E-state index is 9.54. The van der Waals surface area contributed by atoms with E-state index in [4.69, 9.17) is 5.73 Å². The summed E-state index contributed by atoms with van der Waals surface area (Å²) in [5, 5.41) is 9.54. The lowest BCUT2D eigenvalue weighted by Gasteiger charge is -2.44. The van der Waals surface area contributed by atoms with Crippen molar-refractivity contribution >= 4 is 5.82 Å². The van der Waals surface area contributed by atoms with Gasteiger partial charge in [-0.15, -0.1) is 0 Å². The quantitative estimate of drug-likeness (QED) is 0.706. The fourth-order valence-corrected chi connectivity index (χ4v) is 1.85. The summed E-state index contributed by atoms with van der Waals surface area (Å²) in [7, 11) is 0.